The third-order valence-electron chi connectivity index (χ3n) is 3.49. The summed E-state index contributed by atoms with van der Waals surface area (Å²) in [5.74, 6) is 0.443. The van der Waals surface area contributed by atoms with Gasteiger partial charge in [0, 0.05) is 6.20 Å². The van der Waals surface area contributed by atoms with E-state index < -0.39 is 0 Å². The van der Waals surface area contributed by atoms with E-state index in [1.165, 1.54) is 6.07 Å². The molecule has 0 radical (unpaired) electrons. The minimum absolute atomic E-state index is 0.297. The zero-order valence-corrected chi connectivity index (χ0v) is 14.4. The largest absolute Gasteiger partial charge is 0.497 e. The summed E-state index contributed by atoms with van der Waals surface area (Å²) in [6.45, 7) is 0.604. The zero-order chi connectivity index (χ0) is 17.6. The number of halogens is 1. The van der Waals surface area contributed by atoms with Gasteiger partial charge in [0.2, 0.25) is 0 Å². The average molecular weight is 356 g/mol. The Morgan fingerprint density at radius 2 is 2.04 bits per heavy atom. The van der Waals surface area contributed by atoms with E-state index in [-0.39, 0.29) is 5.82 Å². The van der Waals surface area contributed by atoms with Crippen LogP contribution in [0, 0.1) is 5.82 Å². The van der Waals surface area contributed by atoms with Crippen LogP contribution in [0.3, 0.4) is 0 Å². The van der Waals surface area contributed by atoms with Crippen LogP contribution in [0.5, 0.6) is 5.75 Å². The van der Waals surface area contributed by atoms with E-state index in [1.54, 1.807) is 36.2 Å². The Hall–Kier alpha value is -2.93. The fraction of sp³-hybridized carbons (Fsp3) is 0.111. The number of para-hydroxylation sites is 1. The zero-order valence-electron chi connectivity index (χ0n) is 13.6. The number of aromatic nitrogens is 2. The molecule has 0 fully saturated rings. The number of hydrogen-bond acceptors (Lipinski definition) is 3. The maximum Gasteiger partial charge on any atom is 0.175 e. The molecule has 2 N–H and O–H groups in total. The average Bonchev–Trinajstić information content (AvgIpc) is 3.04. The first-order valence-electron chi connectivity index (χ1n) is 7.62. The van der Waals surface area contributed by atoms with E-state index in [4.69, 9.17) is 17.0 Å². The van der Waals surface area contributed by atoms with Gasteiger partial charge in [0.25, 0.3) is 0 Å². The van der Waals surface area contributed by atoms with Crippen LogP contribution in [-0.4, -0.2) is 22.0 Å². The van der Waals surface area contributed by atoms with E-state index in [2.05, 4.69) is 15.7 Å². The number of methoxy groups -OCH3 is 1. The molecule has 0 amide bonds. The molecule has 0 spiro atoms. The van der Waals surface area contributed by atoms with Crippen molar-refractivity contribution in [3.8, 4) is 5.75 Å². The monoisotopic (exact) mass is 356 g/mol. The Labute approximate surface area is 150 Å². The van der Waals surface area contributed by atoms with Crippen molar-refractivity contribution in [2.24, 2.45) is 0 Å². The van der Waals surface area contributed by atoms with E-state index in [9.17, 15) is 4.39 Å². The number of benzene rings is 2. The Morgan fingerprint density at radius 1 is 1.20 bits per heavy atom. The minimum Gasteiger partial charge on any atom is -0.497 e. The molecule has 5 nitrogen and oxygen atoms in total. The number of rotatable bonds is 5. The van der Waals surface area contributed by atoms with Gasteiger partial charge in [0.15, 0.2) is 5.11 Å². The molecule has 0 aliphatic carbocycles. The molecule has 1 heterocycles. The van der Waals surface area contributed by atoms with Crippen molar-refractivity contribution in [2.75, 3.05) is 17.7 Å². The van der Waals surface area contributed by atoms with Gasteiger partial charge in [-0.05, 0) is 42.0 Å². The van der Waals surface area contributed by atoms with Crippen LogP contribution in [0.1, 0.15) is 5.56 Å². The van der Waals surface area contributed by atoms with Gasteiger partial charge in [-0.25, -0.2) is 4.39 Å². The summed E-state index contributed by atoms with van der Waals surface area (Å²) in [5.41, 5.74) is 2.11. The van der Waals surface area contributed by atoms with Gasteiger partial charge in [0.05, 0.1) is 31.2 Å². The highest BCUT2D eigenvalue weighted by molar-refractivity contribution is 7.80. The van der Waals surface area contributed by atoms with Gasteiger partial charge in [-0.1, -0.05) is 24.3 Å². The van der Waals surface area contributed by atoms with Gasteiger partial charge >= 0.3 is 0 Å². The molecule has 0 saturated carbocycles. The van der Waals surface area contributed by atoms with Crippen molar-refractivity contribution in [1.82, 2.24) is 9.78 Å². The lowest BCUT2D eigenvalue weighted by Crippen LogP contribution is -2.19. The number of nitrogens with zero attached hydrogens (tertiary/aromatic N) is 2. The highest BCUT2D eigenvalue weighted by Crippen LogP contribution is 2.16. The second kappa shape index (κ2) is 7.76. The maximum absolute atomic E-state index is 13.6. The number of hydrogen-bond donors (Lipinski definition) is 2. The van der Waals surface area contributed by atoms with Gasteiger partial charge in [0.1, 0.15) is 11.6 Å². The predicted molar refractivity (Wildman–Crippen MR) is 101 cm³/mol. The van der Waals surface area contributed by atoms with Crippen LogP contribution in [0.25, 0.3) is 0 Å². The Bertz CT molecular complexity index is 881. The molecule has 0 aliphatic rings. The molecule has 1 aromatic heterocycles. The molecule has 0 atom stereocenters. The quantitative estimate of drug-likeness (QED) is 0.680. The van der Waals surface area contributed by atoms with Crippen molar-refractivity contribution in [3.63, 3.8) is 0 Å². The molecule has 3 rings (SSSR count). The molecule has 128 valence electrons. The first-order valence-corrected chi connectivity index (χ1v) is 8.03. The Kier molecular flexibility index (Phi) is 5.25. The second-order valence-corrected chi connectivity index (χ2v) is 5.75. The SMILES string of the molecule is COc1cccc(Cn2cc(NC(=S)Nc3ccccc3F)cn2)c1. The summed E-state index contributed by atoms with van der Waals surface area (Å²) in [4.78, 5) is 0. The predicted octanol–water partition coefficient (Wildman–Crippen LogP) is 3.89. The highest BCUT2D eigenvalue weighted by atomic mass is 32.1. The van der Waals surface area contributed by atoms with Gasteiger partial charge in [-0.3, -0.25) is 4.68 Å². The molecule has 3 aromatic rings. The van der Waals surface area contributed by atoms with E-state index >= 15 is 0 Å². The Morgan fingerprint density at radius 3 is 2.84 bits per heavy atom. The molecule has 0 saturated heterocycles. The van der Waals surface area contributed by atoms with Crippen LogP contribution in [0.4, 0.5) is 15.8 Å². The standard InChI is InChI=1S/C18H17FN4OS/c1-24-15-6-4-5-13(9-15)11-23-12-14(10-20-23)21-18(25)22-17-8-3-2-7-16(17)19/h2-10,12H,11H2,1H3,(H2,21,22,25). The second-order valence-electron chi connectivity index (χ2n) is 5.34. The van der Waals surface area contributed by atoms with Crippen molar-refractivity contribution in [3.05, 3.63) is 72.3 Å². The van der Waals surface area contributed by atoms with Gasteiger partial charge in [-0.2, -0.15) is 5.10 Å². The first-order chi connectivity index (χ1) is 12.1. The molecule has 0 aliphatic heterocycles. The van der Waals surface area contributed by atoms with Crippen molar-refractivity contribution < 1.29 is 9.13 Å². The molecule has 7 heteroatoms. The smallest absolute Gasteiger partial charge is 0.175 e. The van der Waals surface area contributed by atoms with E-state index in [0.717, 1.165) is 17.0 Å². The summed E-state index contributed by atoms with van der Waals surface area (Å²) in [5, 5.41) is 10.4. The van der Waals surface area contributed by atoms with Crippen LogP contribution < -0.4 is 15.4 Å². The summed E-state index contributed by atoms with van der Waals surface area (Å²) >= 11 is 5.21. The summed E-state index contributed by atoms with van der Waals surface area (Å²) in [6, 6.07) is 14.1. The summed E-state index contributed by atoms with van der Waals surface area (Å²) < 4.78 is 20.6. The molecule has 25 heavy (non-hydrogen) atoms. The fourth-order valence-electron chi connectivity index (χ4n) is 2.32. The van der Waals surface area contributed by atoms with Crippen molar-refractivity contribution in [2.45, 2.75) is 6.54 Å². The van der Waals surface area contributed by atoms with Crippen LogP contribution >= 0.6 is 12.2 Å². The first kappa shape index (κ1) is 16.9. The number of ether oxygens (including phenoxy) is 1. The maximum atomic E-state index is 13.6. The lowest BCUT2D eigenvalue weighted by molar-refractivity contribution is 0.414. The van der Waals surface area contributed by atoms with E-state index in [0.29, 0.717) is 17.3 Å². The van der Waals surface area contributed by atoms with Crippen LogP contribution in [0.2, 0.25) is 0 Å². The van der Waals surface area contributed by atoms with Crippen molar-refractivity contribution in [1.29, 1.82) is 0 Å². The molecule has 2 aromatic carbocycles. The van der Waals surface area contributed by atoms with Gasteiger partial charge in [-0.15, -0.1) is 0 Å². The molecule has 0 unspecified atom stereocenters. The normalized spacial score (nSPS) is 10.3. The third kappa shape index (κ3) is 4.54. The van der Waals surface area contributed by atoms with E-state index in [1.807, 2.05) is 30.5 Å². The number of anilines is 2. The summed E-state index contributed by atoms with van der Waals surface area (Å²) in [6.07, 6.45) is 3.49. The molecule has 0 bridgehead atoms. The highest BCUT2D eigenvalue weighted by Gasteiger charge is 2.05. The van der Waals surface area contributed by atoms with Crippen LogP contribution in [-0.2, 0) is 6.54 Å². The lowest BCUT2D eigenvalue weighted by Gasteiger charge is -2.09. The van der Waals surface area contributed by atoms with Gasteiger partial charge < -0.3 is 15.4 Å². The van der Waals surface area contributed by atoms with Crippen LogP contribution in [0.15, 0.2) is 60.9 Å². The minimum atomic E-state index is -0.361. The third-order valence-corrected chi connectivity index (χ3v) is 3.70. The Balaban J connectivity index is 1.61. The lowest BCUT2D eigenvalue weighted by atomic mass is 10.2. The number of nitrogens with one attached hydrogen (secondary N) is 2. The topological polar surface area (TPSA) is 51.1 Å². The number of thiocarbonyl (C=S) groups is 1. The molecular formula is C18H17FN4OS. The van der Waals surface area contributed by atoms with Crippen molar-refractivity contribution >= 4 is 28.7 Å². The fourth-order valence-corrected chi connectivity index (χ4v) is 2.55. The summed E-state index contributed by atoms with van der Waals surface area (Å²) in [7, 11) is 1.64. The molecular weight excluding hydrogens is 339 g/mol.